The summed E-state index contributed by atoms with van der Waals surface area (Å²) in [7, 11) is -3.98. The molecule has 0 radical (unpaired) electrons. The summed E-state index contributed by atoms with van der Waals surface area (Å²) in [5, 5.41) is 2.31. The third kappa shape index (κ3) is 5.17. The topological polar surface area (TPSA) is 118 Å². The highest BCUT2D eigenvalue weighted by Gasteiger charge is 2.19. The molecule has 0 aliphatic carbocycles. The second kappa shape index (κ2) is 8.63. The lowest BCUT2D eigenvalue weighted by molar-refractivity contribution is -0.139. The van der Waals surface area contributed by atoms with E-state index in [1.165, 1.54) is 18.4 Å². The molecule has 0 saturated heterocycles. The van der Waals surface area contributed by atoms with Gasteiger partial charge < -0.3 is 9.73 Å². The monoisotopic (exact) mass is 379 g/mol. The Morgan fingerprint density at radius 3 is 2.38 bits per heavy atom. The Morgan fingerprint density at radius 2 is 1.81 bits per heavy atom. The van der Waals surface area contributed by atoms with Gasteiger partial charge in [0.15, 0.2) is 0 Å². The first-order valence-corrected chi connectivity index (χ1v) is 9.54. The summed E-state index contributed by atoms with van der Waals surface area (Å²) in [6.45, 7) is 4.11. The molecular weight excluding hydrogens is 358 g/mol. The Bertz CT molecular complexity index is 845. The molecule has 0 bridgehead atoms. The van der Waals surface area contributed by atoms with Crippen molar-refractivity contribution in [1.29, 1.82) is 0 Å². The minimum absolute atomic E-state index is 0.0131. The molecule has 8 nitrogen and oxygen atoms in total. The first-order valence-electron chi connectivity index (χ1n) is 8.05. The summed E-state index contributed by atoms with van der Waals surface area (Å²) < 4.78 is 29.4. The lowest BCUT2D eigenvalue weighted by Crippen LogP contribution is -2.48. The van der Waals surface area contributed by atoms with Crippen LogP contribution < -0.4 is 15.6 Å². The van der Waals surface area contributed by atoms with Crippen molar-refractivity contribution in [1.82, 2.24) is 15.6 Å². The molecule has 2 amide bonds. The van der Waals surface area contributed by atoms with Gasteiger partial charge in [0.25, 0.3) is 10.0 Å². The predicted octanol–water partition coefficient (Wildman–Crippen LogP) is 1.42. The van der Waals surface area contributed by atoms with E-state index in [1.54, 1.807) is 24.3 Å². The highest BCUT2D eigenvalue weighted by atomic mass is 32.2. The number of furan rings is 1. The van der Waals surface area contributed by atoms with E-state index in [-0.39, 0.29) is 11.4 Å². The highest BCUT2D eigenvalue weighted by Crippen LogP contribution is 2.20. The minimum Gasteiger partial charge on any atom is -0.467 e. The lowest BCUT2D eigenvalue weighted by atomic mass is 9.99. The van der Waals surface area contributed by atoms with Gasteiger partial charge in [-0.3, -0.25) is 15.0 Å². The zero-order valence-electron chi connectivity index (χ0n) is 14.5. The Morgan fingerprint density at radius 1 is 1.12 bits per heavy atom. The smallest absolute Gasteiger partial charge is 0.324 e. The maximum absolute atomic E-state index is 12.2. The van der Waals surface area contributed by atoms with Crippen LogP contribution in [-0.4, -0.2) is 20.2 Å². The zero-order chi connectivity index (χ0) is 19.2. The van der Waals surface area contributed by atoms with Crippen LogP contribution in [0.25, 0.3) is 0 Å². The average Bonchev–Trinajstić information content (AvgIpc) is 3.17. The first-order chi connectivity index (χ1) is 12.3. The second-order valence-corrected chi connectivity index (χ2v) is 7.38. The maximum atomic E-state index is 12.2. The molecule has 2 aromatic rings. The molecule has 26 heavy (non-hydrogen) atoms. The summed E-state index contributed by atoms with van der Waals surface area (Å²) in [6.07, 6.45) is 2.37. The Labute approximate surface area is 152 Å². The molecule has 0 fully saturated rings. The molecule has 2 rings (SSSR count). The Hall–Kier alpha value is -2.65. The molecule has 1 heterocycles. The predicted molar refractivity (Wildman–Crippen MR) is 94.2 cm³/mol. The molecular formula is C17H21N3O5S. The van der Waals surface area contributed by atoms with Crippen molar-refractivity contribution < 1.29 is 22.4 Å². The number of nitrogens with one attached hydrogen (secondary N) is 3. The summed E-state index contributed by atoms with van der Waals surface area (Å²) in [5.74, 6) is -1.34. The van der Waals surface area contributed by atoms with Gasteiger partial charge in [-0.25, -0.2) is 8.42 Å². The average molecular weight is 379 g/mol. The van der Waals surface area contributed by atoms with Crippen molar-refractivity contribution in [2.75, 3.05) is 0 Å². The van der Waals surface area contributed by atoms with Gasteiger partial charge in [-0.1, -0.05) is 26.0 Å². The van der Waals surface area contributed by atoms with E-state index in [0.717, 1.165) is 12.0 Å². The van der Waals surface area contributed by atoms with Gasteiger partial charge in [0.2, 0.25) is 0 Å². The number of hydrogen-bond acceptors (Lipinski definition) is 5. The van der Waals surface area contributed by atoms with Crippen molar-refractivity contribution in [2.24, 2.45) is 0 Å². The van der Waals surface area contributed by atoms with Crippen LogP contribution in [0.1, 0.15) is 37.5 Å². The van der Waals surface area contributed by atoms with E-state index >= 15 is 0 Å². The van der Waals surface area contributed by atoms with Crippen molar-refractivity contribution in [3.05, 3.63) is 54.0 Å². The quantitative estimate of drug-likeness (QED) is 0.497. The van der Waals surface area contributed by atoms with Crippen LogP contribution in [-0.2, 0) is 26.2 Å². The standard InChI is InChI=1S/C17H21N3O5S/c1-3-12(2)13-6-8-15(9-7-13)26(23,24)20-19-17(22)16(21)18-11-14-5-4-10-25-14/h4-10,12,20H,3,11H2,1-2H3,(H,18,21)(H,19,22)/t12-/m1/s1. The zero-order valence-corrected chi connectivity index (χ0v) is 15.3. The summed E-state index contributed by atoms with van der Waals surface area (Å²) >= 11 is 0. The fourth-order valence-electron chi connectivity index (χ4n) is 2.10. The van der Waals surface area contributed by atoms with Gasteiger partial charge in [0.05, 0.1) is 17.7 Å². The molecule has 0 saturated carbocycles. The van der Waals surface area contributed by atoms with Crippen molar-refractivity contribution in [3.63, 3.8) is 0 Å². The molecule has 0 unspecified atom stereocenters. The molecule has 0 aliphatic rings. The van der Waals surface area contributed by atoms with Crippen LogP contribution in [0, 0.1) is 0 Å². The highest BCUT2D eigenvalue weighted by molar-refractivity contribution is 7.89. The van der Waals surface area contributed by atoms with Gasteiger partial charge in [0.1, 0.15) is 5.76 Å². The lowest BCUT2D eigenvalue weighted by Gasteiger charge is -2.11. The van der Waals surface area contributed by atoms with Gasteiger partial charge in [-0.05, 0) is 42.2 Å². The van der Waals surface area contributed by atoms with E-state index in [0.29, 0.717) is 11.7 Å². The first kappa shape index (κ1) is 19.7. The van der Waals surface area contributed by atoms with Crippen LogP contribution in [0.15, 0.2) is 52.0 Å². The maximum Gasteiger partial charge on any atom is 0.324 e. The van der Waals surface area contributed by atoms with Crippen molar-refractivity contribution >= 4 is 21.8 Å². The minimum atomic E-state index is -3.98. The van der Waals surface area contributed by atoms with Crippen molar-refractivity contribution in [2.45, 2.75) is 37.6 Å². The van der Waals surface area contributed by atoms with E-state index < -0.39 is 21.8 Å². The number of carbonyl (C=O) groups is 2. The fourth-order valence-corrected chi connectivity index (χ4v) is 2.94. The number of carbonyl (C=O) groups excluding carboxylic acids is 2. The largest absolute Gasteiger partial charge is 0.467 e. The Balaban J connectivity index is 1.90. The van der Waals surface area contributed by atoms with Crippen LogP contribution >= 0.6 is 0 Å². The Kier molecular flexibility index (Phi) is 6.53. The van der Waals surface area contributed by atoms with Crippen LogP contribution in [0.2, 0.25) is 0 Å². The van der Waals surface area contributed by atoms with Gasteiger partial charge in [0, 0.05) is 0 Å². The van der Waals surface area contributed by atoms with Crippen LogP contribution in [0.3, 0.4) is 0 Å². The van der Waals surface area contributed by atoms with Crippen LogP contribution in [0.4, 0.5) is 0 Å². The number of hydrazine groups is 1. The summed E-state index contributed by atoms with van der Waals surface area (Å²) in [6, 6.07) is 9.62. The van der Waals surface area contributed by atoms with E-state index in [2.05, 4.69) is 5.32 Å². The fraction of sp³-hybridized carbons (Fsp3) is 0.294. The number of amides is 2. The van der Waals surface area contributed by atoms with Gasteiger partial charge in [-0.15, -0.1) is 4.83 Å². The van der Waals surface area contributed by atoms with Gasteiger partial charge in [-0.2, -0.15) is 0 Å². The molecule has 1 aromatic heterocycles. The molecule has 1 atom stereocenters. The molecule has 0 aliphatic heterocycles. The van der Waals surface area contributed by atoms with E-state index in [1.807, 2.05) is 24.1 Å². The van der Waals surface area contributed by atoms with Crippen LogP contribution in [0.5, 0.6) is 0 Å². The van der Waals surface area contributed by atoms with Crippen molar-refractivity contribution in [3.8, 4) is 0 Å². The normalized spacial score (nSPS) is 12.4. The number of sulfonamides is 1. The molecule has 3 N–H and O–H groups in total. The number of benzene rings is 1. The molecule has 1 aromatic carbocycles. The summed E-state index contributed by atoms with van der Waals surface area (Å²) in [4.78, 5) is 25.2. The number of rotatable bonds is 7. The van der Waals surface area contributed by atoms with E-state index in [9.17, 15) is 18.0 Å². The molecule has 0 spiro atoms. The SMILES string of the molecule is CC[C@@H](C)c1ccc(S(=O)(=O)NNC(=O)C(=O)NCc2ccco2)cc1. The molecule has 140 valence electrons. The van der Waals surface area contributed by atoms with E-state index in [4.69, 9.17) is 4.42 Å². The van der Waals surface area contributed by atoms with Gasteiger partial charge >= 0.3 is 11.8 Å². The third-order valence-corrected chi connectivity index (χ3v) is 5.14. The number of hydrogen-bond donors (Lipinski definition) is 3. The summed E-state index contributed by atoms with van der Waals surface area (Å²) in [5.41, 5.74) is 2.90. The third-order valence-electron chi connectivity index (χ3n) is 3.88. The molecule has 9 heteroatoms. The second-order valence-electron chi connectivity index (χ2n) is 5.70.